The molecule has 0 atom stereocenters. The van der Waals surface area contributed by atoms with Crippen molar-refractivity contribution in [3.63, 3.8) is 0 Å². The largest absolute Gasteiger partial charge is 0.370 e. The van der Waals surface area contributed by atoms with Gasteiger partial charge in [-0.15, -0.1) is 0 Å². The molecule has 0 saturated carbocycles. The molecule has 1 aromatic heterocycles. The van der Waals surface area contributed by atoms with Crippen LogP contribution in [0.5, 0.6) is 0 Å². The summed E-state index contributed by atoms with van der Waals surface area (Å²) in [5.41, 5.74) is 0.977. The third kappa shape index (κ3) is 5.79. The minimum atomic E-state index is 0.763. The summed E-state index contributed by atoms with van der Waals surface area (Å²) in [6.45, 7) is 10.5. The Balaban J connectivity index is 2.73. The van der Waals surface area contributed by atoms with Crippen molar-refractivity contribution in [2.24, 2.45) is 0 Å². The van der Waals surface area contributed by atoms with Crippen molar-refractivity contribution in [3.8, 4) is 0 Å². The van der Waals surface area contributed by atoms with E-state index in [0.717, 1.165) is 62.0 Å². The monoisotopic (exact) mass is 283 g/mol. The van der Waals surface area contributed by atoms with Crippen molar-refractivity contribution in [2.45, 2.75) is 46.6 Å². The van der Waals surface area contributed by atoms with Crippen molar-refractivity contribution >= 4 is 17.4 Å². The van der Waals surface area contributed by atoms with Gasteiger partial charge in [0, 0.05) is 13.1 Å². The van der Waals surface area contributed by atoms with Gasteiger partial charge in [0.05, 0.1) is 10.7 Å². The Labute approximate surface area is 122 Å². The zero-order chi connectivity index (χ0) is 14.1. The van der Waals surface area contributed by atoms with Crippen LogP contribution >= 0.6 is 11.6 Å². The quantitative estimate of drug-likeness (QED) is 0.737. The summed E-state index contributed by atoms with van der Waals surface area (Å²) in [6.07, 6.45) is 3.41. The summed E-state index contributed by atoms with van der Waals surface area (Å²) in [4.78, 5) is 7.04. The van der Waals surface area contributed by atoms with Gasteiger partial charge < -0.3 is 5.32 Å². The molecule has 0 aromatic carbocycles. The molecule has 19 heavy (non-hydrogen) atoms. The average Bonchev–Trinajstić information content (AvgIpc) is 2.40. The Kier molecular flexibility index (Phi) is 7.84. The molecule has 0 spiro atoms. The molecule has 0 bridgehead atoms. The van der Waals surface area contributed by atoms with E-state index < -0.39 is 0 Å². The number of nitrogens with one attached hydrogen (secondary N) is 1. The van der Waals surface area contributed by atoms with Crippen LogP contribution in [0.25, 0.3) is 0 Å². The van der Waals surface area contributed by atoms with Crippen LogP contribution in [-0.2, 0) is 6.54 Å². The molecule has 0 unspecified atom stereocenters. The van der Waals surface area contributed by atoms with E-state index in [1.54, 1.807) is 0 Å². The fourth-order valence-electron chi connectivity index (χ4n) is 2.06. The van der Waals surface area contributed by atoms with Gasteiger partial charge in [-0.3, -0.25) is 4.90 Å². The maximum Gasteiger partial charge on any atom is 0.126 e. The highest BCUT2D eigenvalue weighted by molar-refractivity contribution is 6.31. The van der Waals surface area contributed by atoms with Crippen LogP contribution in [0.4, 0.5) is 5.82 Å². The van der Waals surface area contributed by atoms with Crippen LogP contribution in [-0.4, -0.2) is 29.5 Å². The summed E-state index contributed by atoms with van der Waals surface area (Å²) >= 11 is 6.26. The highest BCUT2D eigenvalue weighted by atomic mass is 35.5. The first kappa shape index (κ1) is 16.3. The molecule has 108 valence electrons. The minimum Gasteiger partial charge on any atom is -0.370 e. The van der Waals surface area contributed by atoms with Gasteiger partial charge in [0.25, 0.3) is 0 Å². The van der Waals surface area contributed by atoms with Gasteiger partial charge in [0.15, 0.2) is 0 Å². The molecular formula is C15H26ClN3. The zero-order valence-corrected chi connectivity index (χ0v) is 13.1. The van der Waals surface area contributed by atoms with E-state index in [9.17, 15) is 0 Å². The Morgan fingerprint density at radius 3 is 2.37 bits per heavy atom. The van der Waals surface area contributed by atoms with E-state index in [4.69, 9.17) is 11.6 Å². The highest BCUT2D eigenvalue weighted by Gasteiger charge is 2.09. The van der Waals surface area contributed by atoms with Crippen LogP contribution in [0.3, 0.4) is 0 Å². The molecule has 0 aliphatic carbocycles. The molecule has 1 rings (SSSR count). The van der Waals surface area contributed by atoms with Gasteiger partial charge >= 0.3 is 0 Å². The van der Waals surface area contributed by atoms with Gasteiger partial charge in [-0.2, -0.15) is 0 Å². The third-order valence-electron chi connectivity index (χ3n) is 2.93. The first-order valence-corrected chi connectivity index (χ1v) is 7.70. The zero-order valence-electron chi connectivity index (χ0n) is 12.4. The molecule has 0 aliphatic heterocycles. The Morgan fingerprint density at radius 2 is 1.79 bits per heavy atom. The molecule has 0 radical (unpaired) electrons. The van der Waals surface area contributed by atoms with E-state index in [1.165, 1.54) is 0 Å². The Hall–Kier alpha value is -0.800. The van der Waals surface area contributed by atoms with E-state index >= 15 is 0 Å². The molecule has 0 fully saturated rings. The number of hydrogen-bond acceptors (Lipinski definition) is 3. The van der Waals surface area contributed by atoms with E-state index in [-0.39, 0.29) is 0 Å². The molecule has 4 heteroatoms. The first-order chi connectivity index (χ1) is 9.21. The van der Waals surface area contributed by atoms with Gasteiger partial charge in [-0.05, 0) is 44.5 Å². The fraction of sp³-hybridized carbons (Fsp3) is 0.667. The average molecular weight is 284 g/mol. The van der Waals surface area contributed by atoms with Crippen molar-refractivity contribution in [1.29, 1.82) is 0 Å². The second-order valence-corrected chi connectivity index (χ2v) is 5.24. The Morgan fingerprint density at radius 1 is 1.11 bits per heavy atom. The summed E-state index contributed by atoms with van der Waals surface area (Å²) in [5.74, 6) is 0.925. The molecule has 0 saturated heterocycles. The lowest BCUT2D eigenvalue weighted by atomic mass is 10.3. The molecular weight excluding hydrogens is 258 g/mol. The number of nitrogens with zero attached hydrogens (tertiary/aromatic N) is 2. The van der Waals surface area contributed by atoms with E-state index in [0.29, 0.717) is 0 Å². The predicted octanol–water partition coefficient (Wildman–Crippen LogP) is 4.18. The third-order valence-corrected chi connectivity index (χ3v) is 3.27. The maximum absolute atomic E-state index is 6.26. The number of anilines is 1. The number of aromatic nitrogens is 1. The second kappa shape index (κ2) is 9.16. The summed E-state index contributed by atoms with van der Waals surface area (Å²) in [7, 11) is 0. The molecule has 1 heterocycles. The predicted molar refractivity (Wildman–Crippen MR) is 83.9 cm³/mol. The lowest BCUT2D eigenvalue weighted by Crippen LogP contribution is -2.25. The molecule has 3 nitrogen and oxygen atoms in total. The number of hydrogen-bond donors (Lipinski definition) is 1. The van der Waals surface area contributed by atoms with Crippen LogP contribution < -0.4 is 5.32 Å². The van der Waals surface area contributed by atoms with Gasteiger partial charge in [-0.1, -0.05) is 32.4 Å². The lowest BCUT2D eigenvalue weighted by Gasteiger charge is -2.21. The number of pyridine rings is 1. The summed E-state index contributed by atoms with van der Waals surface area (Å²) in [6, 6.07) is 3.89. The van der Waals surface area contributed by atoms with Crippen LogP contribution in [0.15, 0.2) is 12.1 Å². The van der Waals surface area contributed by atoms with E-state index in [2.05, 4.69) is 36.0 Å². The topological polar surface area (TPSA) is 28.2 Å². The van der Waals surface area contributed by atoms with E-state index in [1.807, 2.05) is 12.1 Å². The van der Waals surface area contributed by atoms with Crippen molar-refractivity contribution < 1.29 is 0 Å². The standard InChI is InChI=1S/C15H26ClN3/c1-4-9-17-15-8-7-13(16)14(18-15)12-19(10-5-2)11-6-3/h7-8H,4-6,9-12H2,1-3H3,(H,17,18). The first-order valence-electron chi connectivity index (χ1n) is 7.32. The van der Waals surface area contributed by atoms with Gasteiger partial charge in [0.2, 0.25) is 0 Å². The van der Waals surface area contributed by atoms with Crippen molar-refractivity contribution in [1.82, 2.24) is 9.88 Å². The second-order valence-electron chi connectivity index (χ2n) is 4.83. The Bertz CT molecular complexity index is 362. The molecule has 1 aromatic rings. The van der Waals surface area contributed by atoms with Crippen molar-refractivity contribution in [2.75, 3.05) is 25.0 Å². The normalized spacial score (nSPS) is 11.0. The number of rotatable bonds is 9. The number of halogens is 1. The maximum atomic E-state index is 6.26. The molecule has 1 N–H and O–H groups in total. The summed E-state index contributed by atoms with van der Waals surface area (Å²) in [5, 5.41) is 4.07. The van der Waals surface area contributed by atoms with Crippen LogP contribution in [0, 0.1) is 0 Å². The smallest absolute Gasteiger partial charge is 0.126 e. The van der Waals surface area contributed by atoms with Gasteiger partial charge in [0.1, 0.15) is 5.82 Å². The van der Waals surface area contributed by atoms with Gasteiger partial charge in [-0.25, -0.2) is 4.98 Å². The summed E-state index contributed by atoms with van der Waals surface area (Å²) < 4.78 is 0. The molecule has 0 aliphatic rings. The van der Waals surface area contributed by atoms with Crippen LogP contribution in [0.1, 0.15) is 45.7 Å². The fourth-order valence-corrected chi connectivity index (χ4v) is 2.23. The SMILES string of the molecule is CCCNc1ccc(Cl)c(CN(CCC)CCC)n1. The van der Waals surface area contributed by atoms with Crippen molar-refractivity contribution in [3.05, 3.63) is 22.8 Å². The lowest BCUT2D eigenvalue weighted by molar-refractivity contribution is 0.263. The minimum absolute atomic E-state index is 0.763. The molecule has 0 amide bonds. The van der Waals surface area contributed by atoms with Crippen LogP contribution in [0.2, 0.25) is 5.02 Å². The highest BCUT2D eigenvalue weighted by Crippen LogP contribution is 2.18.